The number of nitrogens with two attached hydrogens (primary N) is 1. The van der Waals surface area contributed by atoms with E-state index in [1.54, 1.807) is 12.1 Å². The Kier molecular flexibility index (Phi) is 3.37. The van der Waals surface area contributed by atoms with Gasteiger partial charge in [-0.25, -0.2) is 9.37 Å². The minimum atomic E-state index is -0.240. The molecule has 21 heavy (non-hydrogen) atoms. The van der Waals surface area contributed by atoms with Gasteiger partial charge in [0.05, 0.1) is 16.7 Å². The zero-order valence-electron chi connectivity index (χ0n) is 12.2. The Labute approximate surface area is 123 Å². The highest BCUT2D eigenvalue weighted by Gasteiger charge is 2.14. The molecule has 108 valence electrons. The van der Waals surface area contributed by atoms with Crippen LogP contribution in [0.5, 0.6) is 0 Å². The molecule has 0 amide bonds. The molecule has 0 aliphatic carbocycles. The van der Waals surface area contributed by atoms with Gasteiger partial charge in [-0.3, -0.25) is 4.57 Å². The van der Waals surface area contributed by atoms with E-state index in [0.29, 0.717) is 5.69 Å². The summed E-state index contributed by atoms with van der Waals surface area (Å²) in [4.78, 5) is 4.67. The topological polar surface area (TPSA) is 43.8 Å². The Hall–Kier alpha value is -2.36. The largest absolute Gasteiger partial charge is 0.399 e. The molecule has 1 heterocycles. The number of hydrogen-bond donors (Lipinski definition) is 1. The molecule has 4 heteroatoms. The molecule has 0 spiro atoms. The van der Waals surface area contributed by atoms with Crippen molar-refractivity contribution in [3.05, 3.63) is 53.6 Å². The van der Waals surface area contributed by atoms with E-state index in [1.807, 2.05) is 29.7 Å². The van der Waals surface area contributed by atoms with Crippen molar-refractivity contribution in [3.63, 3.8) is 0 Å². The molecule has 3 nitrogen and oxygen atoms in total. The van der Waals surface area contributed by atoms with E-state index in [2.05, 4.69) is 11.9 Å². The van der Waals surface area contributed by atoms with Crippen molar-refractivity contribution in [1.29, 1.82) is 0 Å². The average molecular weight is 283 g/mol. The monoisotopic (exact) mass is 283 g/mol. The predicted octanol–water partition coefficient (Wildman–Crippen LogP) is 4.01. The van der Waals surface area contributed by atoms with E-state index < -0.39 is 0 Å². The van der Waals surface area contributed by atoms with E-state index in [0.717, 1.165) is 41.0 Å². The fourth-order valence-corrected chi connectivity index (χ4v) is 2.63. The van der Waals surface area contributed by atoms with Gasteiger partial charge >= 0.3 is 0 Å². The van der Waals surface area contributed by atoms with Gasteiger partial charge in [0.15, 0.2) is 0 Å². The maximum absolute atomic E-state index is 13.7. The highest BCUT2D eigenvalue weighted by Crippen LogP contribution is 2.26. The molecule has 2 N–H and O–H groups in total. The van der Waals surface area contributed by atoms with Crippen LogP contribution in [-0.2, 0) is 6.42 Å². The Morgan fingerprint density at radius 3 is 2.76 bits per heavy atom. The van der Waals surface area contributed by atoms with Gasteiger partial charge in [0.1, 0.15) is 11.6 Å². The molecule has 1 aromatic heterocycles. The third kappa shape index (κ3) is 2.37. The number of imidazole rings is 1. The molecule has 0 unspecified atom stereocenters. The number of aromatic nitrogens is 2. The lowest BCUT2D eigenvalue weighted by molar-refractivity contribution is 0.625. The second-order valence-electron chi connectivity index (χ2n) is 5.29. The standard InChI is InChI=1S/C17H18FN3/c1-3-4-17-20-14-10-13(19)7-8-15(14)21(17)16-9-12(18)6-5-11(16)2/h5-10H,3-4,19H2,1-2H3. The third-order valence-electron chi connectivity index (χ3n) is 3.63. The first-order chi connectivity index (χ1) is 10.1. The lowest BCUT2D eigenvalue weighted by Gasteiger charge is -2.12. The number of rotatable bonds is 3. The fraction of sp³-hybridized carbons (Fsp3) is 0.235. The Bertz CT molecular complexity index is 805. The van der Waals surface area contributed by atoms with Gasteiger partial charge in [-0.1, -0.05) is 13.0 Å². The maximum atomic E-state index is 13.7. The summed E-state index contributed by atoms with van der Waals surface area (Å²) < 4.78 is 15.7. The minimum Gasteiger partial charge on any atom is -0.399 e. The van der Waals surface area contributed by atoms with Gasteiger partial charge in [0.25, 0.3) is 0 Å². The predicted molar refractivity (Wildman–Crippen MR) is 84.2 cm³/mol. The number of anilines is 1. The molecule has 0 fully saturated rings. The number of aryl methyl sites for hydroxylation is 2. The molecule has 0 aliphatic rings. The number of halogens is 1. The van der Waals surface area contributed by atoms with Crippen LogP contribution in [0.4, 0.5) is 10.1 Å². The van der Waals surface area contributed by atoms with Crippen LogP contribution in [0, 0.1) is 12.7 Å². The summed E-state index contributed by atoms with van der Waals surface area (Å²) >= 11 is 0. The molecular weight excluding hydrogens is 265 g/mol. The van der Waals surface area contributed by atoms with Gasteiger partial charge in [-0.15, -0.1) is 0 Å². The molecule has 2 aromatic carbocycles. The summed E-state index contributed by atoms with van der Waals surface area (Å²) in [5.41, 5.74) is 10.2. The maximum Gasteiger partial charge on any atom is 0.125 e. The summed E-state index contributed by atoms with van der Waals surface area (Å²) in [5, 5.41) is 0. The SMILES string of the molecule is CCCc1nc2cc(N)ccc2n1-c1cc(F)ccc1C. The van der Waals surface area contributed by atoms with Gasteiger partial charge in [0.2, 0.25) is 0 Å². The molecule has 0 saturated heterocycles. The Balaban J connectivity index is 2.33. The van der Waals surface area contributed by atoms with Crippen molar-refractivity contribution >= 4 is 16.7 Å². The van der Waals surface area contributed by atoms with E-state index in [-0.39, 0.29) is 5.82 Å². The summed E-state index contributed by atoms with van der Waals surface area (Å²) in [5.74, 6) is 0.696. The van der Waals surface area contributed by atoms with Crippen LogP contribution in [0.2, 0.25) is 0 Å². The van der Waals surface area contributed by atoms with Crippen molar-refractivity contribution in [1.82, 2.24) is 9.55 Å². The van der Waals surface area contributed by atoms with Crippen LogP contribution in [0.1, 0.15) is 24.7 Å². The van der Waals surface area contributed by atoms with Crippen LogP contribution < -0.4 is 5.73 Å². The minimum absolute atomic E-state index is 0.240. The van der Waals surface area contributed by atoms with Crippen LogP contribution in [-0.4, -0.2) is 9.55 Å². The normalized spacial score (nSPS) is 11.2. The van der Waals surface area contributed by atoms with Crippen molar-refractivity contribution in [3.8, 4) is 5.69 Å². The van der Waals surface area contributed by atoms with E-state index >= 15 is 0 Å². The average Bonchev–Trinajstić information content (AvgIpc) is 2.79. The van der Waals surface area contributed by atoms with Crippen molar-refractivity contribution in [2.45, 2.75) is 26.7 Å². The van der Waals surface area contributed by atoms with Crippen LogP contribution >= 0.6 is 0 Å². The molecule has 0 saturated carbocycles. The van der Waals surface area contributed by atoms with Gasteiger partial charge < -0.3 is 5.73 Å². The van der Waals surface area contributed by atoms with Gasteiger partial charge in [0, 0.05) is 12.1 Å². The number of fused-ring (bicyclic) bond motifs is 1. The van der Waals surface area contributed by atoms with E-state index in [9.17, 15) is 4.39 Å². The molecule has 3 aromatic rings. The first kappa shape index (κ1) is 13.6. The highest BCUT2D eigenvalue weighted by atomic mass is 19.1. The number of nitrogens with zero attached hydrogens (tertiary/aromatic N) is 2. The first-order valence-corrected chi connectivity index (χ1v) is 7.13. The third-order valence-corrected chi connectivity index (χ3v) is 3.63. The van der Waals surface area contributed by atoms with E-state index in [1.165, 1.54) is 6.07 Å². The van der Waals surface area contributed by atoms with Crippen molar-refractivity contribution in [2.24, 2.45) is 0 Å². The molecule has 0 aliphatic heterocycles. The van der Waals surface area contributed by atoms with Crippen LogP contribution in [0.15, 0.2) is 36.4 Å². The summed E-state index contributed by atoms with van der Waals surface area (Å²) in [6.45, 7) is 4.09. The summed E-state index contributed by atoms with van der Waals surface area (Å²) in [7, 11) is 0. The Morgan fingerprint density at radius 2 is 2.00 bits per heavy atom. The van der Waals surface area contributed by atoms with Crippen LogP contribution in [0.3, 0.4) is 0 Å². The molecule has 3 rings (SSSR count). The number of nitrogen functional groups attached to an aromatic ring is 1. The van der Waals surface area contributed by atoms with Gasteiger partial charge in [-0.2, -0.15) is 0 Å². The van der Waals surface area contributed by atoms with Crippen molar-refractivity contribution in [2.75, 3.05) is 5.73 Å². The first-order valence-electron chi connectivity index (χ1n) is 7.13. The smallest absolute Gasteiger partial charge is 0.125 e. The molecule has 0 atom stereocenters. The van der Waals surface area contributed by atoms with Crippen LogP contribution in [0.25, 0.3) is 16.7 Å². The zero-order valence-corrected chi connectivity index (χ0v) is 12.2. The Morgan fingerprint density at radius 1 is 1.19 bits per heavy atom. The fourth-order valence-electron chi connectivity index (χ4n) is 2.63. The molecular formula is C17H18FN3. The molecule has 0 bridgehead atoms. The lowest BCUT2D eigenvalue weighted by Crippen LogP contribution is -2.03. The summed E-state index contributed by atoms with van der Waals surface area (Å²) in [6, 6.07) is 10.5. The highest BCUT2D eigenvalue weighted by molar-refractivity contribution is 5.81. The summed E-state index contributed by atoms with van der Waals surface area (Å²) in [6.07, 6.45) is 1.82. The quantitative estimate of drug-likeness (QED) is 0.738. The second kappa shape index (κ2) is 5.20. The van der Waals surface area contributed by atoms with Gasteiger partial charge in [-0.05, 0) is 49.2 Å². The molecule has 0 radical (unpaired) electrons. The van der Waals surface area contributed by atoms with Crippen molar-refractivity contribution < 1.29 is 4.39 Å². The zero-order chi connectivity index (χ0) is 15.0. The lowest BCUT2D eigenvalue weighted by atomic mass is 10.1. The second-order valence-corrected chi connectivity index (χ2v) is 5.29. The van der Waals surface area contributed by atoms with E-state index in [4.69, 9.17) is 5.73 Å². The number of benzene rings is 2. The number of hydrogen-bond acceptors (Lipinski definition) is 2.